The van der Waals surface area contributed by atoms with Crippen molar-refractivity contribution in [3.05, 3.63) is 95.0 Å². The summed E-state index contributed by atoms with van der Waals surface area (Å²) in [5.41, 5.74) is 2.92. The van der Waals surface area contributed by atoms with Gasteiger partial charge in [0.05, 0.1) is 18.2 Å². The lowest BCUT2D eigenvalue weighted by Crippen LogP contribution is -2.53. The maximum absolute atomic E-state index is 13.8. The number of hydrogen-bond acceptors (Lipinski definition) is 4. The van der Waals surface area contributed by atoms with E-state index in [0.717, 1.165) is 42.2 Å². The van der Waals surface area contributed by atoms with Crippen molar-refractivity contribution in [2.24, 2.45) is 5.92 Å². The molecule has 1 N–H and O–H groups in total. The zero-order valence-electron chi connectivity index (χ0n) is 20.1. The molecule has 3 aromatic carbocycles. The second kappa shape index (κ2) is 11.1. The standard InChI is InChI=1S/C29H30ClN3O3/c30-24-14-12-22(13-15-24)18-32-16-6-9-23(19-32)29(35)33-20-27(36-26-11-5-4-10-25(26)33)28(34)31-17-21-7-2-1-3-8-21/h1-5,7-8,10-15,23,27H,6,9,16-20H2,(H,31,34)/t23-,27+/m1/s1. The van der Waals surface area contributed by atoms with Crippen molar-refractivity contribution in [1.82, 2.24) is 10.2 Å². The van der Waals surface area contributed by atoms with E-state index in [0.29, 0.717) is 18.8 Å². The first-order chi connectivity index (χ1) is 17.6. The van der Waals surface area contributed by atoms with E-state index in [1.807, 2.05) is 78.9 Å². The molecule has 7 heteroatoms. The number of fused-ring (bicyclic) bond motifs is 1. The Bertz CT molecular complexity index is 1200. The van der Waals surface area contributed by atoms with Crippen LogP contribution in [-0.2, 0) is 22.7 Å². The summed E-state index contributed by atoms with van der Waals surface area (Å²) in [6, 6.07) is 25.1. The highest BCUT2D eigenvalue weighted by Crippen LogP contribution is 2.35. The molecule has 1 fully saturated rings. The van der Waals surface area contributed by atoms with Crippen LogP contribution < -0.4 is 15.0 Å². The summed E-state index contributed by atoms with van der Waals surface area (Å²) >= 11 is 6.03. The van der Waals surface area contributed by atoms with Gasteiger partial charge in [-0.3, -0.25) is 14.5 Å². The average molecular weight is 504 g/mol. The molecule has 2 aliphatic rings. The molecule has 186 valence electrons. The zero-order valence-corrected chi connectivity index (χ0v) is 20.9. The number of carbonyl (C=O) groups excluding carboxylic acids is 2. The lowest BCUT2D eigenvalue weighted by atomic mass is 9.95. The molecule has 0 spiro atoms. The fourth-order valence-corrected chi connectivity index (χ4v) is 5.07. The molecule has 0 unspecified atom stereocenters. The number of nitrogens with one attached hydrogen (secondary N) is 1. The van der Waals surface area contributed by atoms with E-state index in [-0.39, 0.29) is 24.3 Å². The Labute approximate surface area is 216 Å². The van der Waals surface area contributed by atoms with Crippen LogP contribution in [0.5, 0.6) is 5.75 Å². The minimum absolute atomic E-state index is 0.0485. The van der Waals surface area contributed by atoms with E-state index < -0.39 is 6.10 Å². The number of piperidine rings is 1. The summed E-state index contributed by atoms with van der Waals surface area (Å²) in [5, 5.41) is 3.68. The molecule has 2 amide bonds. The molecule has 2 heterocycles. The maximum Gasteiger partial charge on any atom is 0.263 e. The minimum atomic E-state index is -0.763. The van der Waals surface area contributed by atoms with Crippen molar-refractivity contribution in [3.63, 3.8) is 0 Å². The topological polar surface area (TPSA) is 61.9 Å². The summed E-state index contributed by atoms with van der Waals surface area (Å²) in [5.74, 6) is 0.252. The molecule has 3 aromatic rings. The van der Waals surface area contributed by atoms with Crippen LogP contribution in [0, 0.1) is 5.92 Å². The van der Waals surface area contributed by atoms with Crippen LogP contribution >= 0.6 is 11.6 Å². The number of para-hydroxylation sites is 2. The van der Waals surface area contributed by atoms with Gasteiger partial charge in [-0.15, -0.1) is 0 Å². The monoisotopic (exact) mass is 503 g/mol. The van der Waals surface area contributed by atoms with Crippen LogP contribution in [0.2, 0.25) is 5.02 Å². The molecular formula is C29H30ClN3O3. The van der Waals surface area contributed by atoms with E-state index >= 15 is 0 Å². The molecule has 1 saturated heterocycles. The second-order valence-corrected chi connectivity index (χ2v) is 9.86. The number of benzene rings is 3. The van der Waals surface area contributed by atoms with Gasteiger partial charge in [0.15, 0.2) is 6.10 Å². The predicted molar refractivity (Wildman–Crippen MR) is 141 cm³/mol. The number of ether oxygens (including phenoxy) is 1. The number of hydrogen-bond donors (Lipinski definition) is 1. The summed E-state index contributed by atoms with van der Waals surface area (Å²) in [6.07, 6.45) is 1.03. The summed E-state index contributed by atoms with van der Waals surface area (Å²) in [4.78, 5) is 30.9. The Morgan fingerprint density at radius 3 is 2.47 bits per heavy atom. The van der Waals surface area contributed by atoms with Crippen molar-refractivity contribution in [1.29, 1.82) is 0 Å². The zero-order chi connectivity index (χ0) is 24.9. The maximum atomic E-state index is 13.8. The fraction of sp³-hybridized carbons (Fsp3) is 0.310. The third kappa shape index (κ3) is 5.72. The van der Waals surface area contributed by atoms with Gasteiger partial charge in [-0.1, -0.05) is 66.2 Å². The van der Waals surface area contributed by atoms with Gasteiger partial charge in [0.1, 0.15) is 5.75 Å². The number of rotatable bonds is 6. The van der Waals surface area contributed by atoms with Crippen LogP contribution in [0.1, 0.15) is 24.0 Å². The third-order valence-corrected chi connectivity index (χ3v) is 7.07. The molecule has 0 aliphatic carbocycles. The van der Waals surface area contributed by atoms with Crippen LogP contribution in [0.3, 0.4) is 0 Å². The van der Waals surface area contributed by atoms with E-state index in [2.05, 4.69) is 10.2 Å². The fourth-order valence-electron chi connectivity index (χ4n) is 4.95. The molecule has 2 atom stereocenters. The lowest BCUT2D eigenvalue weighted by Gasteiger charge is -2.38. The highest BCUT2D eigenvalue weighted by Gasteiger charge is 2.37. The van der Waals surface area contributed by atoms with Crippen molar-refractivity contribution < 1.29 is 14.3 Å². The van der Waals surface area contributed by atoms with Crippen molar-refractivity contribution in [2.45, 2.75) is 32.0 Å². The van der Waals surface area contributed by atoms with Gasteiger partial charge >= 0.3 is 0 Å². The first-order valence-electron chi connectivity index (χ1n) is 12.4. The minimum Gasteiger partial charge on any atom is -0.477 e. The van der Waals surface area contributed by atoms with Crippen molar-refractivity contribution in [3.8, 4) is 5.75 Å². The van der Waals surface area contributed by atoms with E-state index in [9.17, 15) is 9.59 Å². The second-order valence-electron chi connectivity index (χ2n) is 9.43. The van der Waals surface area contributed by atoms with E-state index in [4.69, 9.17) is 16.3 Å². The van der Waals surface area contributed by atoms with E-state index in [1.165, 1.54) is 5.56 Å². The third-order valence-electron chi connectivity index (χ3n) is 6.82. The van der Waals surface area contributed by atoms with Crippen molar-refractivity contribution >= 4 is 29.1 Å². The highest BCUT2D eigenvalue weighted by molar-refractivity contribution is 6.30. The highest BCUT2D eigenvalue weighted by atomic mass is 35.5. The number of amides is 2. The normalized spacial score (nSPS) is 19.8. The molecule has 5 rings (SSSR count). The van der Waals surface area contributed by atoms with Crippen molar-refractivity contribution in [2.75, 3.05) is 24.5 Å². The molecule has 6 nitrogen and oxygen atoms in total. The number of anilines is 1. The lowest BCUT2D eigenvalue weighted by molar-refractivity contribution is -0.129. The van der Waals surface area contributed by atoms with Gasteiger partial charge < -0.3 is 15.0 Å². The number of carbonyl (C=O) groups is 2. The SMILES string of the molecule is O=C(NCc1ccccc1)[C@@H]1CN(C(=O)[C@@H]2CCCN(Cc3ccc(Cl)cc3)C2)c2ccccc2O1. The quantitative estimate of drug-likeness (QED) is 0.531. The number of nitrogens with zero attached hydrogens (tertiary/aromatic N) is 2. The van der Waals surface area contributed by atoms with E-state index in [1.54, 1.807) is 4.90 Å². The van der Waals surface area contributed by atoms with Gasteiger partial charge in [0.2, 0.25) is 5.91 Å². The molecule has 2 aliphatic heterocycles. The molecule has 0 bridgehead atoms. The van der Waals surface area contributed by atoms with Gasteiger partial charge in [0.25, 0.3) is 5.91 Å². The molecule has 0 radical (unpaired) electrons. The smallest absolute Gasteiger partial charge is 0.263 e. The largest absolute Gasteiger partial charge is 0.477 e. The molecular weight excluding hydrogens is 474 g/mol. The summed E-state index contributed by atoms with van der Waals surface area (Å²) in [7, 11) is 0. The Morgan fingerprint density at radius 2 is 1.67 bits per heavy atom. The van der Waals surface area contributed by atoms with Crippen LogP contribution in [0.15, 0.2) is 78.9 Å². The Balaban J connectivity index is 1.27. The molecule has 36 heavy (non-hydrogen) atoms. The Kier molecular flexibility index (Phi) is 7.54. The van der Waals surface area contributed by atoms with Crippen LogP contribution in [0.25, 0.3) is 0 Å². The Hall–Kier alpha value is -3.35. The van der Waals surface area contributed by atoms with Gasteiger partial charge in [-0.25, -0.2) is 0 Å². The number of likely N-dealkylation sites (tertiary alicyclic amines) is 1. The summed E-state index contributed by atoms with van der Waals surface area (Å²) < 4.78 is 6.03. The Morgan fingerprint density at radius 1 is 0.917 bits per heavy atom. The first kappa shape index (κ1) is 24.3. The molecule has 0 saturated carbocycles. The average Bonchev–Trinajstić information content (AvgIpc) is 2.92. The van der Waals surface area contributed by atoms with Gasteiger partial charge in [0, 0.05) is 24.7 Å². The van der Waals surface area contributed by atoms with Gasteiger partial charge in [-0.2, -0.15) is 0 Å². The number of halogens is 1. The summed E-state index contributed by atoms with van der Waals surface area (Å²) in [6.45, 7) is 3.04. The first-order valence-corrected chi connectivity index (χ1v) is 12.8. The van der Waals surface area contributed by atoms with Crippen LogP contribution in [-0.4, -0.2) is 42.5 Å². The van der Waals surface area contributed by atoms with Gasteiger partial charge in [-0.05, 0) is 54.8 Å². The predicted octanol–water partition coefficient (Wildman–Crippen LogP) is 4.66. The molecule has 0 aromatic heterocycles. The van der Waals surface area contributed by atoms with Crippen LogP contribution in [0.4, 0.5) is 5.69 Å².